The van der Waals surface area contributed by atoms with Crippen molar-refractivity contribution in [3.05, 3.63) is 53.6 Å². The summed E-state index contributed by atoms with van der Waals surface area (Å²) in [4.78, 5) is 1.24. The average molecular weight is 294 g/mol. The van der Waals surface area contributed by atoms with Crippen molar-refractivity contribution in [2.45, 2.75) is 11.3 Å². The van der Waals surface area contributed by atoms with Crippen LogP contribution in [0.4, 0.5) is 5.69 Å². The van der Waals surface area contributed by atoms with Gasteiger partial charge in [0.15, 0.2) is 0 Å². The molecule has 0 saturated carbocycles. The highest BCUT2D eigenvalue weighted by Crippen LogP contribution is 2.20. The van der Waals surface area contributed by atoms with E-state index in [0.29, 0.717) is 6.61 Å². The SMILES string of the molecule is Nc1ccc(SCCCOc2ccc(Cl)cc2)cc1. The first-order valence-corrected chi connectivity index (χ1v) is 7.47. The van der Waals surface area contributed by atoms with Gasteiger partial charge in [0, 0.05) is 21.4 Å². The predicted octanol–water partition coefficient (Wildman–Crippen LogP) is 4.48. The van der Waals surface area contributed by atoms with Crippen molar-refractivity contribution in [2.24, 2.45) is 0 Å². The highest BCUT2D eigenvalue weighted by atomic mass is 35.5. The summed E-state index contributed by atoms with van der Waals surface area (Å²) in [5.41, 5.74) is 6.44. The van der Waals surface area contributed by atoms with Crippen LogP contribution in [0.25, 0.3) is 0 Å². The Morgan fingerprint density at radius 2 is 1.68 bits per heavy atom. The van der Waals surface area contributed by atoms with E-state index < -0.39 is 0 Å². The first-order valence-electron chi connectivity index (χ1n) is 6.11. The van der Waals surface area contributed by atoms with Crippen molar-refractivity contribution in [3.8, 4) is 5.75 Å². The first-order chi connectivity index (χ1) is 9.24. The largest absolute Gasteiger partial charge is 0.494 e. The molecule has 100 valence electrons. The molecule has 0 aliphatic rings. The van der Waals surface area contributed by atoms with Crippen molar-refractivity contribution >= 4 is 29.1 Å². The van der Waals surface area contributed by atoms with Crippen molar-refractivity contribution in [1.82, 2.24) is 0 Å². The van der Waals surface area contributed by atoms with Crippen LogP contribution in [0.5, 0.6) is 5.75 Å². The van der Waals surface area contributed by atoms with Crippen molar-refractivity contribution in [2.75, 3.05) is 18.1 Å². The molecule has 0 fully saturated rings. The third kappa shape index (κ3) is 5.05. The minimum atomic E-state index is 0.712. The van der Waals surface area contributed by atoms with Crippen LogP contribution in [0, 0.1) is 0 Å². The lowest BCUT2D eigenvalue weighted by Gasteiger charge is -2.06. The van der Waals surface area contributed by atoms with E-state index in [4.69, 9.17) is 22.1 Å². The molecule has 2 rings (SSSR count). The minimum absolute atomic E-state index is 0.712. The number of anilines is 1. The molecule has 0 aliphatic heterocycles. The highest BCUT2D eigenvalue weighted by molar-refractivity contribution is 7.99. The molecule has 2 N–H and O–H groups in total. The van der Waals surface area contributed by atoms with Crippen LogP contribution in [0.15, 0.2) is 53.4 Å². The number of benzene rings is 2. The van der Waals surface area contributed by atoms with Crippen molar-refractivity contribution < 1.29 is 4.74 Å². The molecule has 0 bridgehead atoms. The van der Waals surface area contributed by atoms with Crippen LogP contribution >= 0.6 is 23.4 Å². The molecule has 0 aliphatic carbocycles. The lowest BCUT2D eigenvalue weighted by Crippen LogP contribution is -1.98. The summed E-state index contributed by atoms with van der Waals surface area (Å²) in [5, 5.41) is 0.728. The Hall–Kier alpha value is -1.32. The van der Waals surface area contributed by atoms with Gasteiger partial charge in [0.1, 0.15) is 5.75 Å². The molecule has 19 heavy (non-hydrogen) atoms. The van der Waals surface area contributed by atoms with Gasteiger partial charge in [0.2, 0.25) is 0 Å². The van der Waals surface area contributed by atoms with E-state index >= 15 is 0 Å². The second-order valence-electron chi connectivity index (χ2n) is 4.07. The maximum atomic E-state index is 5.81. The fourth-order valence-electron chi connectivity index (χ4n) is 1.53. The zero-order chi connectivity index (χ0) is 13.5. The molecular formula is C15H16ClNOS. The lowest BCUT2D eigenvalue weighted by molar-refractivity contribution is 0.319. The van der Waals surface area contributed by atoms with Crippen LogP contribution < -0.4 is 10.5 Å². The van der Waals surface area contributed by atoms with Crippen LogP contribution in [-0.2, 0) is 0 Å². The summed E-state index contributed by atoms with van der Waals surface area (Å²) >= 11 is 7.62. The standard InChI is InChI=1S/C15H16ClNOS/c16-12-2-6-14(7-3-12)18-10-1-11-19-15-8-4-13(17)5-9-15/h2-9H,1,10-11,17H2. The predicted molar refractivity (Wildman–Crippen MR) is 83.1 cm³/mol. The molecule has 2 aromatic carbocycles. The van der Waals surface area contributed by atoms with E-state index in [2.05, 4.69) is 0 Å². The van der Waals surface area contributed by atoms with E-state index in [-0.39, 0.29) is 0 Å². The van der Waals surface area contributed by atoms with Crippen LogP contribution in [-0.4, -0.2) is 12.4 Å². The highest BCUT2D eigenvalue weighted by Gasteiger charge is 1.96. The summed E-state index contributed by atoms with van der Waals surface area (Å²) in [6.45, 7) is 0.712. The molecule has 2 nitrogen and oxygen atoms in total. The number of hydrogen-bond donors (Lipinski definition) is 1. The fourth-order valence-corrected chi connectivity index (χ4v) is 2.49. The van der Waals surface area contributed by atoms with E-state index in [1.165, 1.54) is 4.90 Å². The summed E-state index contributed by atoms with van der Waals surface area (Å²) in [5.74, 6) is 1.89. The molecule has 0 heterocycles. The molecule has 4 heteroatoms. The Labute approximate surface area is 122 Å². The third-order valence-corrected chi connectivity index (χ3v) is 3.87. The molecule has 0 unspecified atom stereocenters. The van der Waals surface area contributed by atoms with Crippen molar-refractivity contribution in [3.63, 3.8) is 0 Å². The van der Waals surface area contributed by atoms with E-state index in [1.807, 2.05) is 60.3 Å². The Morgan fingerprint density at radius 3 is 2.37 bits per heavy atom. The molecule has 0 atom stereocenters. The second kappa shape index (κ2) is 7.31. The maximum absolute atomic E-state index is 5.81. The zero-order valence-corrected chi connectivity index (χ0v) is 12.1. The van der Waals surface area contributed by atoms with Crippen molar-refractivity contribution in [1.29, 1.82) is 0 Å². The number of nitrogens with two attached hydrogens (primary N) is 1. The van der Waals surface area contributed by atoms with Gasteiger partial charge in [-0.05, 0) is 55.0 Å². The first kappa shape index (κ1) is 14.1. The summed E-state index contributed by atoms with van der Waals surface area (Å²) in [7, 11) is 0. The molecular weight excluding hydrogens is 278 g/mol. The number of rotatable bonds is 6. The number of halogens is 1. The molecule has 0 saturated heterocycles. The third-order valence-electron chi connectivity index (χ3n) is 2.52. The molecule has 0 aromatic heterocycles. The monoisotopic (exact) mass is 293 g/mol. The Bertz CT molecular complexity index is 451. The van der Waals surface area contributed by atoms with Crippen LogP contribution in [0.2, 0.25) is 5.02 Å². The van der Waals surface area contributed by atoms with Gasteiger partial charge in [-0.1, -0.05) is 11.6 Å². The van der Waals surface area contributed by atoms with Crippen LogP contribution in [0.3, 0.4) is 0 Å². The summed E-state index contributed by atoms with van der Waals surface area (Å²) < 4.78 is 5.63. The Balaban J connectivity index is 1.64. The smallest absolute Gasteiger partial charge is 0.119 e. The van der Waals surface area contributed by atoms with Gasteiger partial charge in [-0.25, -0.2) is 0 Å². The van der Waals surface area contributed by atoms with Gasteiger partial charge < -0.3 is 10.5 Å². The topological polar surface area (TPSA) is 35.2 Å². The Kier molecular flexibility index (Phi) is 5.43. The van der Waals surface area contributed by atoms with E-state index in [0.717, 1.165) is 28.6 Å². The van der Waals surface area contributed by atoms with E-state index in [9.17, 15) is 0 Å². The number of thioether (sulfide) groups is 1. The molecule has 0 radical (unpaired) electrons. The fraction of sp³-hybridized carbons (Fsp3) is 0.200. The number of ether oxygens (including phenoxy) is 1. The van der Waals surface area contributed by atoms with Gasteiger partial charge in [0.25, 0.3) is 0 Å². The number of nitrogen functional groups attached to an aromatic ring is 1. The van der Waals surface area contributed by atoms with Gasteiger partial charge >= 0.3 is 0 Å². The van der Waals surface area contributed by atoms with E-state index in [1.54, 1.807) is 0 Å². The quantitative estimate of drug-likeness (QED) is 0.484. The van der Waals surface area contributed by atoms with Gasteiger partial charge in [-0.15, -0.1) is 11.8 Å². The summed E-state index contributed by atoms with van der Waals surface area (Å²) in [6.07, 6.45) is 0.998. The van der Waals surface area contributed by atoms with Gasteiger partial charge in [-0.2, -0.15) is 0 Å². The maximum Gasteiger partial charge on any atom is 0.119 e. The van der Waals surface area contributed by atoms with Crippen LogP contribution in [0.1, 0.15) is 6.42 Å². The molecule has 0 spiro atoms. The molecule has 2 aromatic rings. The zero-order valence-electron chi connectivity index (χ0n) is 10.5. The summed E-state index contributed by atoms with van der Waals surface area (Å²) in [6, 6.07) is 15.4. The normalized spacial score (nSPS) is 10.4. The molecule has 0 amide bonds. The number of hydrogen-bond acceptors (Lipinski definition) is 3. The second-order valence-corrected chi connectivity index (χ2v) is 5.68. The van der Waals surface area contributed by atoms with Gasteiger partial charge in [-0.3, -0.25) is 0 Å². The Morgan fingerprint density at radius 1 is 1.00 bits per heavy atom. The van der Waals surface area contributed by atoms with Gasteiger partial charge in [0.05, 0.1) is 6.61 Å². The lowest BCUT2D eigenvalue weighted by atomic mass is 10.3. The average Bonchev–Trinajstić information content (AvgIpc) is 2.43. The minimum Gasteiger partial charge on any atom is -0.494 e.